The number of sulfonamides is 1. The number of hydrogen-bond donors (Lipinski definition) is 1. The fourth-order valence-electron chi connectivity index (χ4n) is 2.55. The maximum Gasteiger partial charge on any atom is 0.416 e. The van der Waals surface area contributed by atoms with Gasteiger partial charge in [0.1, 0.15) is 0 Å². The fourth-order valence-corrected chi connectivity index (χ4v) is 3.17. The van der Waals surface area contributed by atoms with Crippen LogP contribution in [0.1, 0.15) is 24.1 Å². The van der Waals surface area contributed by atoms with Crippen molar-refractivity contribution in [3.05, 3.63) is 35.4 Å². The first-order chi connectivity index (χ1) is 11.2. The van der Waals surface area contributed by atoms with Gasteiger partial charge in [-0.3, -0.25) is 4.90 Å². The predicted molar refractivity (Wildman–Crippen MR) is 84.0 cm³/mol. The second-order valence-corrected chi connectivity index (χ2v) is 7.63. The van der Waals surface area contributed by atoms with Crippen LogP contribution in [0.3, 0.4) is 0 Å². The van der Waals surface area contributed by atoms with E-state index in [-0.39, 0.29) is 18.3 Å². The first kappa shape index (κ1) is 19.2. The van der Waals surface area contributed by atoms with E-state index < -0.39 is 21.8 Å². The average Bonchev–Trinajstić information content (AvgIpc) is 2.55. The van der Waals surface area contributed by atoms with Gasteiger partial charge in [-0.1, -0.05) is 12.1 Å². The van der Waals surface area contributed by atoms with Crippen LogP contribution in [-0.2, 0) is 20.9 Å². The van der Waals surface area contributed by atoms with E-state index in [4.69, 9.17) is 4.74 Å². The summed E-state index contributed by atoms with van der Waals surface area (Å²) in [6.45, 7) is 3.86. The number of benzene rings is 1. The fraction of sp³-hybridized carbons (Fsp3) is 0.600. The Bertz CT molecular complexity index is 626. The molecule has 1 fully saturated rings. The van der Waals surface area contributed by atoms with Gasteiger partial charge in [0, 0.05) is 25.7 Å². The lowest BCUT2D eigenvalue weighted by molar-refractivity contribution is -0.137. The van der Waals surface area contributed by atoms with Crippen molar-refractivity contribution in [3.63, 3.8) is 0 Å². The number of alkyl halides is 3. The van der Waals surface area contributed by atoms with E-state index in [0.29, 0.717) is 31.9 Å². The Balaban J connectivity index is 2.21. The van der Waals surface area contributed by atoms with Gasteiger partial charge >= 0.3 is 6.18 Å². The lowest BCUT2D eigenvalue weighted by atomic mass is 10.0. The molecule has 0 aromatic heterocycles. The maximum atomic E-state index is 12.7. The van der Waals surface area contributed by atoms with Crippen LogP contribution in [0.25, 0.3) is 0 Å². The number of nitrogens with zero attached hydrogens (tertiary/aromatic N) is 1. The zero-order valence-electron chi connectivity index (χ0n) is 13.3. The van der Waals surface area contributed by atoms with Crippen molar-refractivity contribution in [3.8, 4) is 0 Å². The number of nitrogens with one attached hydrogen (secondary N) is 1. The molecule has 1 aliphatic heterocycles. The van der Waals surface area contributed by atoms with Crippen molar-refractivity contribution in [2.45, 2.75) is 19.1 Å². The van der Waals surface area contributed by atoms with Crippen molar-refractivity contribution >= 4 is 10.0 Å². The zero-order valence-corrected chi connectivity index (χ0v) is 14.2. The highest BCUT2D eigenvalue weighted by molar-refractivity contribution is 7.89. The van der Waals surface area contributed by atoms with Gasteiger partial charge < -0.3 is 4.74 Å². The van der Waals surface area contributed by atoms with Gasteiger partial charge in [0.25, 0.3) is 0 Å². The second kappa shape index (κ2) is 7.81. The van der Waals surface area contributed by atoms with Crippen LogP contribution in [0.15, 0.2) is 24.3 Å². The molecule has 0 aliphatic carbocycles. The molecule has 5 nitrogen and oxygen atoms in total. The number of morpholine rings is 1. The highest BCUT2D eigenvalue weighted by Crippen LogP contribution is 2.31. The van der Waals surface area contributed by atoms with Crippen molar-refractivity contribution in [1.29, 1.82) is 0 Å². The zero-order chi connectivity index (χ0) is 17.8. The van der Waals surface area contributed by atoms with Gasteiger partial charge in [0.2, 0.25) is 10.0 Å². The summed E-state index contributed by atoms with van der Waals surface area (Å²) in [5.74, 6) is -0.0458. The van der Waals surface area contributed by atoms with E-state index in [1.165, 1.54) is 19.1 Å². The van der Waals surface area contributed by atoms with Gasteiger partial charge in [-0.15, -0.1) is 0 Å². The van der Waals surface area contributed by atoms with E-state index in [1.54, 1.807) is 0 Å². The molecule has 0 saturated carbocycles. The average molecular weight is 366 g/mol. The maximum absolute atomic E-state index is 12.7. The Morgan fingerprint density at radius 1 is 1.21 bits per heavy atom. The molecule has 0 amide bonds. The van der Waals surface area contributed by atoms with Crippen molar-refractivity contribution in [2.75, 3.05) is 38.6 Å². The first-order valence-corrected chi connectivity index (χ1v) is 9.34. The molecule has 0 bridgehead atoms. The smallest absolute Gasteiger partial charge is 0.379 e. The Morgan fingerprint density at radius 3 is 2.29 bits per heavy atom. The van der Waals surface area contributed by atoms with Gasteiger partial charge in [0.15, 0.2) is 0 Å². The summed E-state index contributed by atoms with van der Waals surface area (Å²) in [4.78, 5) is 2.02. The minimum atomic E-state index is -4.39. The van der Waals surface area contributed by atoms with E-state index in [1.807, 2.05) is 4.90 Å². The minimum absolute atomic E-state index is 0.0458. The third-order valence-electron chi connectivity index (χ3n) is 3.99. The largest absolute Gasteiger partial charge is 0.416 e. The topological polar surface area (TPSA) is 58.6 Å². The lowest BCUT2D eigenvalue weighted by Crippen LogP contribution is -2.44. The molecule has 0 unspecified atom stereocenters. The van der Waals surface area contributed by atoms with Gasteiger partial charge in [-0.25, -0.2) is 13.1 Å². The Kier molecular flexibility index (Phi) is 6.24. The molecular formula is C15H21F3N2O3S. The molecular weight excluding hydrogens is 345 g/mol. The minimum Gasteiger partial charge on any atom is -0.379 e. The van der Waals surface area contributed by atoms with Gasteiger partial charge in [0.05, 0.1) is 24.5 Å². The van der Waals surface area contributed by atoms with Crippen molar-refractivity contribution in [2.24, 2.45) is 0 Å². The monoisotopic (exact) mass is 366 g/mol. The Labute approximate surface area is 139 Å². The van der Waals surface area contributed by atoms with E-state index in [0.717, 1.165) is 12.1 Å². The predicted octanol–water partition coefficient (Wildman–Crippen LogP) is 2.02. The lowest BCUT2D eigenvalue weighted by Gasteiger charge is -2.35. The molecule has 0 radical (unpaired) electrons. The number of hydrogen-bond acceptors (Lipinski definition) is 4. The third-order valence-corrected chi connectivity index (χ3v) is 5.35. The summed E-state index contributed by atoms with van der Waals surface area (Å²) >= 11 is 0. The third kappa shape index (κ3) is 5.17. The number of ether oxygens (including phenoxy) is 1. The quantitative estimate of drug-likeness (QED) is 0.837. The highest BCUT2D eigenvalue weighted by Gasteiger charge is 2.31. The summed E-state index contributed by atoms with van der Waals surface area (Å²) in [6, 6.07) is 4.53. The molecule has 0 spiro atoms. The van der Waals surface area contributed by atoms with Gasteiger partial charge in [-0.2, -0.15) is 13.2 Å². The molecule has 1 atom stereocenters. The molecule has 1 heterocycles. The molecule has 9 heteroatoms. The molecule has 136 valence electrons. The summed E-state index contributed by atoms with van der Waals surface area (Å²) in [5, 5.41) is 0. The summed E-state index contributed by atoms with van der Waals surface area (Å²) in [5.41, 5.74) is -0.0789. The van der Waals surface area contributed by atoms with Crippen LogP contribution in [-0.4, -0.2) is 51.9 Å². The van der Waals surface area contributed by atoms with Crippen LogP contribution in [0, 0.1) is 0 Å². The first-order valence-electron chi connectivity index (χ1n) is 7.69. The standard InChI is InChI=1S/C15H21F3N2O3S/c1-2-24(21,22)19-11-14(20-7-9-23-10-8-20)12-3-5-13(6-4-12)15(16,17)18/h3-6,14,19H,2,7-11H2,1H3/t14-/m0/s1. The Morgan fingerprint density at radius 2 is 1.79 bits per heavy atom. The van der Waals surface area contributed by atoms with Crippen LogP contribution >= 0.6 is 0 Å². The summed E-state index contributed by atoms with van der Waals surface area (Å²) in [7, 11) is -3.38. The van der Waals surface area contributed by atoms with Crippen LogP contribution < -0.4 is 4.72 Å². The van der Waals surface area contributed by atoms with E-state index in [9.17, 15) is 21.6 Å². The molecule has 1 aliphatic rings. The molecule has 1 saturated heterocycles. The van der Waals surface area contributed by atoms with Crippen molar-refractivity contribution < 1.29 is 26.3 Å². The Hall–Kier alpha value is -1.16. The van der Waals surface area contributed by atoms with E-state index >= 15 is 0 Å². The number of halogens is 3. The van der Waals surface area contributed by atoms with Crippen LogP contribution in [0.2, 0.25) is 0 Å². The summed E-state index contributed by atoms with van der Waals surface area (Å²) in [6.07, 6.45) is -4.39. The molecule has 1 N–H and O–H groups in total. The van der Waals surface area contributed by atoms with Crippen LogP contribution in [0.4, 0.5) is 13.2 Å². The molecule has 1 aromatic rings. The highest BCUT2D eigenvalue weighted by atomic mass is 32.2. The van der Waals surface area contributed by atoms with Crippen LogP contribution in [0.5, 0.6) is 0 Å². The molecule has 1 aromatic carbocycles. The second-order valence-electron chi connectivity index (χ2n) is 5.54. The van der Waals surface area contributed by atoms with Crippen molar-refractivity contribution in [1.82, 2.24) is 9.62 Å². The SMILES string of the molecule is CCS(=O)(=O)NC[C@@H](c1ccc(C(F)(F)F)cc1)N1CCOCC1. The summed E-state index contributed by atoms with van der Waals surface area (Å²) < 4.78 is 69.3. The van der Waals surface area contributed by atoms with E-state index in [2.05, 4.69) is 4.72 Å². The normalized spacial score (nSPS) is 18.5. The molecule has 24 heavy (non-hydrogen) atoms. The van der Waals surface area contributed by atoms with Gasteiger partial charge in [-0.05, 0) is 24.6 Å². The molecule has 2 rings (SSSR count). The number of rotatable bonds is 6.